The lowest BCUT2D eigenvalue weighted by molar-refractivity contribution is -0.121. The van der Waals surface area contributed by atoms with Gasteiger partial charge in [-0.25, -0.2) is 0 Å². The molecule has 1 N–H and O–H groups in total. The Morgan fingerprint density at radius 2 is 2.31 bits per heavy atom. The third-order valence-corrected chi connectivity index (χ3v) is 1.87. The van der Waals surface area contributed by atoms with E-state index in [2.05, 4.69) is 5.32 Å². The highest BCUT2D eigenvalue weighted by molar-refractivity contribution is 5.75. The minimum Gasteiger partial charge on any atom is -0.376 e. The zero-order valence-electron chi connectivity index (χ0n) is 8.93. The number of carbonyl (C=O) groups is 1. The molecule has 0 unspecified atom stereocenters. The first kappa shape index (κ1) is 12.4. The van der Waals surface area contributed by atoms with Crippen molar-refractivity contribution in [2.45, 2.75) is 46.1 Å². The molecule has 80 valence electrons. The van der Waals surface area contributed by atoms with Crippen molar-refractivity contribution in [2.75, 3.05) is 13.2 Å². The van der Waals surface area contributed by atoms with Gasteiger partial charge in [-0.05, 0) is 12.8 Å². The molecule has 1 fully saturated rings. The van der Waals surface area contributed by atoms with E-state index in [9.17, 15) is 4.79 Å². The van der Waals surface area contributed by atoms with E-state index in [1.54, 1.807) is 0 Å². The van der Waals surface area contributed by atoms with Crippen molar-refractivity contribution < 1.29 is 11.0 Å². The monoisotopic (exact) mass is 189 g/mol. The van der Waals surface area contributed by atoms with Gasteiger partial charge in [0.05, 0.1) is 6.10 Å². The van der Waals surface area contributed by atoms with Gasteiger partial charge in [0, 0.05) is 21.0 Å². The fourth-order valence-corrected chi connectivity index (χ4v) is 1.16. The molecule has 1 aliphatic rings. The number of nitrogens with one attached hydrogen (secondary N) is 1. The largest absolute Gasteiger partial charge is 0.376 e. The van der Waals surface area contributed by atoms with Crippen LogP contribution in [0.15, 0.2) is 0 Å². The number of amides is 1. The van der Waals surface area contributed by atoms with Crippen LogP contribution in [0.5, 0.6) is 0 Å². The Kier molecular flexibility index (Phi) is 7.69. The highest BCUT2D eigenvalue weighted by Crippen LogP contribution is 2.10. The number of rotatable bonds is 3. The van der Waals surface area contributed by atoms with Crippen LogP contribution in [0.3, 0.4) is 0 Å². The average molecular weight is 189 g/mol. The van der Waals surface area contributed by atoms with Crippen molar-refractivity contribution in [2.24, 2.45) is 0 Å². The van der Waals surface area contributed by atoms with Crippen LogP contribution in [0.25, 0.3) is 0 Å². The second-order valence-electron chi connectivity index (χ2n) is 2.79. The molecule has 0 aromatic carbocycles. The Hall–Kier alpha value is -0.570. The van der Waals surface area contributed by atoms with Crippen LogP contribution in [0, 0.1) is 0 Å². The van der Waals surface area contributed by atoms with Gasteiger partial charge in [0.25, 0.3) is 0 Å². The summed E-state index contributed by atoms with van der Waals surface area (Å²) in [5.74, 6) is 0.112. The zero-order valence-corrected chi connectivity index (χ0v) is 8.93. The van der Waals surface area contributed by atoms with Gasteiger partial charge in [0.15, 0.2) is 0 Å². The van der Waals surface area contributed by atoms with Gasteiger partial charge in [0.1, 0.15) is 0 Å². The van der Waals surface area contributed by atoms with Crippen LogP contribution in [-0.4, -0.2) is 25.2 Å². The lowest BCUT2D eigenvalue weighted by atomic mass is 10.2. The highest BCUT2D eigenvalue weighted by Gasteiger charge is 2.15. The molecule has 0 aromatic heterocycles. The molecular formula is C10H23NO2. The Morgan fingerprint density at radius 3 is 2.77 bits per heavy atom. The van der Waals surface area contributed by atoms with Crippen molar-refractivity contribution in [3.8, 4) is 0 Å². The summed E-state index contributed by atoms with van der Waals surface area (Å²) in [7, 11) is 0. The predicted octanol–water partition coefficient (Wildman–Crippen LogP) is 1.96. The highest BCUT2D eigenvalue weighted by atomic mass is 16.5. The average Bonchev–Trinajstić information content (AvgIpc) is 2.70. The van der Waals surface area contributed by atoms with Crippen LogP contribution in [0.2, 0.25) is 0 Å². The first-order valence-electron chi connectivity index (χ1n) is 5.21. The standard InChI is InChI=1S/C8H15NO2.C2H6.H2/c1-2-8(10)9-6-7-4-3-5-11-7;1-2;/h7H,2-6H2,1H3,(H,9,10);1-2H3;1H/t7-;;/m0../s1. The molecule has 3 nitrogen and oxygen atoms in total. The predicted molar refractivity (Wildman–Crippen MR) is 55.7 cm³/mol. The van der Waals surface area contributed by atoms with Crippen molar-refractivity contribution in [1.29, 1.82) is 0 Å². The molecular weight excluding hydrogens is 166 g/mol. The number of ether oxygens (including phenoxy) is 1. The number of hydrogen-bond donors (Lipinski definition) is 1. The third-order valence-electron chi connectivity index (χ3n) is 1.87. The number of carbonyl (C=O) groups excluding carboxylic acids is 1. The van der Waals surface area contributed by atoms with Gasteiger partial charge in [0.2, 0.25) is 5.91 Å². The van der Waals surface area contributed by atoms with E-state index in [1.165, 1.54) is 0 Å². The molecule has 0 radical (unpaired) electrons. The summed E-state index contributed by atoms with van der Waals surface area (Å²) in [4.78, 5) is 10.8. The van der Waals surface area contributed by atoms with Gasteiger partial charge in [-0.3, -0.25) is 4.79 Å². The molecule has 1 atom stereocenters. The molecule has 0 saturated carbocycles. The lowest BCUT2D eigenvalue weighted by Gasteiger charge is -2.09. The maximum Gasteiger partial charge on any atom is 0.219 e. The molecule has 1 heterocycles. The van der Waals surface area contributed by atoms with Crippen molar-refractivity contribution >= 4 is 5.91 Å². The van der Waals surface area contributed by atoms with Crippen molar-refractivity contribution in [1.82, 2.24) is 5.32 Å². The van der Waals surface area contributed by atoms with Crippen molar-refractivity contribution in [3.05, 3.63) is 0 Å². The van der Waals surface area contributed by atoms with E-state index in [4.69, 9.17) is 4.74 Å². The minimum atomic E-state index is 0. The summed E-state index contributed by atoms with van der Waals surface area (Å²) < 4.78 is 5.33. The summed E-state index contributed by atoms with van der Waals surface area (Å²) >= 11 is 0. The molecule has 1 saturated heterocycles. The first-order valence-corrected chi connectivity index (χ1v) is 5.21. The normalized spacial score (nSPS) is 20.4. The van der Waals surface area contributed by atoms with E-state index in [0.29, 0.717) is 13.0 Å². The SMILES string of the molecule is CC.CCC(=O)NC[C@@H]1CCCO1.[HH]. The molecule has 13 heavy (non-hydrogen) atoms. The van der Waals surface area contributed by atoms with Crippen LogP contribution in [0.4, 0.5) is 0 Å². The summed E-state index contributed by atoms with van der Waals surface area (Å²) in [6.45, 7) is 7.39. The Bertz CT molecular complexity index is 136. The Morgan fingerprint density at radius 1 is 1.62 bits per heavy atom. The second kappa shape index (κ2) is 8.05. The lowest BCUT2D eigenvalue weighted by Crippen LogP contribution is -2.31. The quantitative estimate of drug-likeness (QED) is 0.737. The van der Waals surface area contributed by atoms with Crippen LogP contribution in [0.1, 0.15) is 41.5 Å². The van der Waals surface area contributed by atoms with E-state index in [-0.39, 0.29) is 13.4 Å². The van der Waals surface area contributed by atoms with Crippen LogP contribution in [-0.2, 0) is 9.53 Å². The van der Waals surface area contributed by atoms with Gasteiger partial charge in [-0.2, -0.15) is 0 Å². The molecule has 1 rings (SSSR count). The fourth-order valence-electron chi connectivity index (χ4n) is 1.16. The van der Waals surface area contributed by atoms with Gasteiger partial charge >= 0.3 is 0 Å². The van der Waals surface area contributed by atoms with Gasteiger partial charge < -0.3 is 10.1 Å². The summed E-state index contributed by atoms with van der Waals surface area (Å²) in [6.07, 6.45) is 3.05. The summed E-state index contributed by atoms with van der Waals surface area (Å²) in [5, 5.41) is 2.81. The van der Waals surface area contributed by atoms with E-state index in [0.717, 1.165) is 19.4 Å². The summed E-state index contributed by atoms with van der Waals surface area (Å²) in [6, 6.07) is 0. The van der Waals surface area contributed by atoms with E-state index < -0.39 is 0 Å². The van der Waals surface area contributed by atoms with Crippen molar-refractivity contribution in [3.63, 3.8) is 0 Å². The molecule has 1 amide bonds. The maximum absolute atomic E-state index is 10.8. The van der Waals surface area contributed by atoms with Gasteiger partial charge in [-0.15, -0.1) is 0 Å². The third kappa shape index (κ3) is 5.64. The smallest absolute Gasteiger partial charge is 0.219 e. The molecule has 0 aliphatic carbocycles. The molecule has 0 aromatic rings. The van der Waals surface area contributed by atoms with Crippen LogP contribution < -0.4 is 5.32 Å². The van der Waals surface area contributed by atoms with E-state index in [1.807, 2.05) is 20.8 Å². The minimum absolute atomic E-state index is 0. The second-order valence-corrected chi connectivity index (χ2v) is 2.79. The Labute approximate surface area is 82.3 Å². The zero-order chi connectivity index (χ0) is 10.1. The van der Waals surface area contributed by atoms with Gasteiger partial charge in [-0.1, -0.05) is 20.8 Å². The molecule has 1 aliphatic heterocycles. The fraction of sp³-hybridized carbons (Fsp3) is 0.900. The molecule has 0 spiro atoms. The van der Waals surface area contributed by atoms with E-state index >= 15 is 0 Å². The maximum atomic E-state index is 10.8. The molecule has 3 heteroatoms. The number of hydrogen-bond acceptors (Lipinski definition) is 2. The first-order chi connectivity index (χ1) is 6.33. The topological polar surface area (TPSA) is 38.3 Å². The Balaban J connectivity index is 0. The molecule has 0 bridgehead atoms. The van der Waals surface area contributed by atoms with Crippen LogP contribution >= 0.6 is 0 Å². The summed E-state index contributed by atoms with van der Waals surface area (Å²) in [5.41, 5.74) is 0.